The topological polar surface area (TPSA) is 55.4 Å². The molecule has 6 heteroatoms. The van der Waals surface area contributed by atoms with E-state index in [1.807, 2.05) is 30.3 Å². The Hall–Kier alpha value is -0.900. The fourth-order valence-corrected chi connectivity index (χ4v) is 1.52. The molecule has 1 aromatic carbocycles. The lowest BCUT2D eigenvalue weighted by molar-refractivity contribution is -0.131. The first-order valence-electron chi connectivity index (χ1n) is 4.25. The average molecular weight is 243 g/mol. The molecule has 0 aliphatic rings. The fraction of sp³-hybridized carbons (Fsp3) is 0.222. The normalized spacial score (nSPS) is 10.1. The first-order valence-corrected chi connectivity index (χ1v) is 5.99. The van der Waals surface area contributed by atoms with Gasteiger partial charge >= 0.3 is 5.97 Å². The van der Waals surface area contributed by atoms with Crippen LogP contribution in [0.4, 0.5) is 0 Å². The van der Waals surface area contributed by atoms with Gasteiger partial charge in [-0.3, -0.25) is 9.88 Å². The Morgan fingerprint density at radius 3 is 2.80 bits per heavy atom. The summed E-state index contributed by atoms with van der Waals surface area (Å²) in [4.78, 5) is 11.9. The molecule has 1 N–H and O–H groups in total. The molecule has 0 heterocycles. The summed E-state index contributed by atoms with van der Waals surface area (Å²) in [6, 6.07) is 9.32. The second kappa shape index (κ2) is 7.40. The molecule has 1 rings (SSSR count). The van der Waals surface area contributed by atoms with E-state index in [0.29, 0.717) is 0 Å². The van der Waals surface area contributed by atoms with Crippen LogP contribution < -0.4 is 5.32 Å². The van der Waals surface area contributed by atoms with Gasteiger partial charge < -0.3 is 4.18 Å². The number of benzene rings is 1. The van der Waals surface area contributed by atoms with Gasteiger partial charge in [0.15, 0.2) is 8.46 Å². The lowest BCUT2D eigenvalue weighted by atomic mass is 10.4. The molecule has 0 unspecified atom stereocenters. The molecule has 4 nitrogen and oxygen atoms in total. The largest absolute Gasteiger partial charge is 0.385 e. The van der Waals surface area contributed by atoms with Gasteiger partial charge in [0, 0.05) is 4.90 Å². The first-order chi connectivity index (χ1) is 7.33. The van der Waals surface area contributed by atoms with Crippen LogP contribution in [0.25, 0.3) is 0 Å². The lowest BCUT2D eigenvalue weighted by Crippen LogP contribution is -2.21. The Morgan fingerprint density at radius 2 is 2.13 bits per heavy atom. The van der Waals surface area contributed by atoms with Crippen molar-refractivity contribution in [2.24, 2.45) is 0 Å². The molecule has 0 atom stereocenters. The quantitative estimate of drug-likeness (QED) is 0.471. The highest BCUT2D eigenvalue weighted by Crippen LogP contribution is 2.17. The molecule has 15 heavy (non-hydrogen) atoms. The molecule has 0 saturated heterocycles. The monoisotopic (exact) mass is 243 g/mol. The van der Waals surface area contributed by atoms with E-state index in [9.17, 15) is 9.36 Å². The standard InChI is InChI=1S/C9H10NO3PS/c11-9(6-10-7-14-12)13-15-8-4-2-1-3-5-8/h1-5,10H,6-7H2. The number of rotatable bonds is 6. The third-order valence-electron chi connectivity index (χ3n) is 1.42. The first kappa shape index (κ1) is 12.2. The summed E-state index contributed by atoms with van der Waals surface area (Å²) in [5.41, 5.74) is 0. The van der Waals surface area contributed by atoms with Gasteiger partial charge in [0.1, 0.15) is 0 Å². The highest BCUT2D eigenvalue weighted by molar-refractivity contribution is 7.95. The van der Waals surface area contributed by atoms with Gasteiger partial charge in [0.25, 0.3) is 0 Å². The van der Waals surface area contributed by atoms with Crippen LogP contribution in [0.3, 0.4) is 0 Å². The summed E-state index contributed by atoms with van der Waals surface area (Å²) in [5.74, 6) is -0.382. The highest BCUT2D eigenvalue weighted by Gasteiger charge is 2.03. The van der Waals surface area contributed by atoms with Gasteiger partial charge in [-0.25, -0.2) is 4.79 Å². The van der Waals surface area contributed by atoms with Crippen molar-refractivity contribution in [1.29, 1.82) is 0 Å². The number of hydrogen-bond acceptors (Lipinski definition) is 5. The van der Waals surface area contributed by atoms with Gasteiger partial charge in [0.05, 0.1) is 24.9 Å². The molecule has 0 aliphatic heterocycles. The van der Waals surface area contributed by atoms with Crippen LogP contribution in [-0.4, -0.2) is 18.8 Å². The SMILES string of the molecule is O=PCNCC(=O)OSc1ccccc1. The van der Waals surface area contributed by atoms with E-state index in [0.717, 1.165) is 16.9 Å². The maximum Gasteiger partial charge on any atom is 0.332 e. The Kier molecular flexibility index (Phi) is 6.00. The van der Waals surface area contributed by atoms with Crippen LogP contribution in [-0.2, 0) is 13.5 Å². The molecule has 0 amide bonds. The van der Waals surface area contributed by atoms with Crippen LogP contribution in [0, 0.1) is 0 Å². The van der Waals surface area contributed by atoms with Gasteiger partial charge in [0.2, 0.25) is 0 Å². The van der Waals surface area contributed by atoms with Crippen LogP contribution in [0.1, 0.15) is 0 Å². The maximum atomic E-state index is 11.1. The highest BCUT2D eigenvalue weighted by atomic mass is 32.2. The van der Waals surface area contributed by atoms with Crippen molar-refractivity contribution in [1.82, 2.24) is 5.32 Å². The molecule has 0 fully saturated rings. The number of carbonyl (C=O) groups is 1. The van der Waals surface area contributed by atoms with Crippen LogP contribution >= 0.6 is 20.5 Å². The summed E-state index contributed by atoms with van der Waals surface area (Å²) < 4.78 is 14.9. The van der Waals surface area contributed by atoms with E-state index in [1.54, 1.807) is 0 Å². The van der Waals surface area contributed by atoms with Crippen molar-refractivity contribution in [2.45, 2.75) is 4.90 Å². The van der Waals surface area contributed by atoms with E-state index in [1.165, 1.54) is 0 Å². The Balaban J connectivity index is 2.20. The van der Waals surface area contributed by atoms with Crippen molar-refractivity contribution in [3.63, 3.8) is 0 Å². The third-order valence-corrected chi connectivity index (χ3v) is 2.51. The predicted molar refractivity (Wildman–Crippen MR) is 58.9 cm³/mol. The van der Waals surface area contributed by atoms with Crippen molar-refractivity contribution >= 4 is 26.5 Å². The number of carbonyl (C=O) groups excluding carboxylic acids is 1. The molecule has 0 aromatic heterocycles. The van der Waals surface area contributed by atoms with Gasteiger partial charge in [-0.1, -0.05) is 18.2 Å². The van der Waals surface area contributed by atoms with Crippen molar-refractivity contribution in [3.05, 3.63) is 30.3 Å². The van der Waals surface area contributed by atoms with Crippen LogP contribution in [0.15, 0.2) is 35.2 Å². The van der Waals surface area contributed by atoms with Crippen molar-refractivity contribution in [3.8, 4) is 0 Å². The molecule has 0 radical (unpaired) electrons. The summed E-state index contributed by atoms with van der Waals surface area (Å²) in [6.07, 6.45) is 0.255. The molecular formula is C9H10NO3PS. The number of nitrogens with one attached hydrogen (secondary N) is 1. The summed E-state index contributed by atoms with van der Waals surface area (Å²) in [7, 11) is -0.0305. The Labute approximate surface area is 93.8 Å². The van der Waals surface area contributed by atoms with E-state index < -0.39 is 0 Å². The van der Waals surface area contributed by atoms with Gasteiger partial charge in [-0.05, 0) is 12.1 Å². The van der Waals surface area contributed by atoms with Crippen LogP contribution in [0.2, 0.25) is 0 Å². The third kappa shape index (κ3) is 5.52. The smallest absolute Gasteiger partial charge is 0.332 e. The van der Waals surface area contributed by atoms with Gasteiger partial charge in [-0.2, -0.15) is 0 Å². The maximum absolute atomic E-state index is 11.1. The minimum Gasteiger partial charge on any atom is -0.385 e. The molecule has 0 bridgehead atoms. The second-order valence-electron chi connectivity index (χ2n) is 2.57. The molecule has 1 aromatic rings. The molecule has 0 saturated carbocycles. The summed E-state index contributed by atoms with van der Waals surface area (Å²) >= 11 is 1.02. The minimum atomic E-state index is -0.382. The Morgan fingerprint density at radius 1 is 1.40 bits per heavy atom. The lowest BCUT2D eigenvalue weighted by Gasteiger charge is -2.01. The van der Waals surface area contributed by atoms with Gasteiger partial charge in [-0.15, -0.1) is 0 Å². The summed E-state index contributed by atoms with van der Waals surface area (Å²) in [6.45, 7) is 0.0646. The molecular weight excluding hydrogens is 233 g/mol. The predicted octanol–water partition coefficient (Wildman–Crippen LogP) is 2.08. The molecule has 80 valence electrons. The zero-order valence-corrected chi connectivity index (χ0v) is 9.59. The number of hydrogen-bond donors (Lipinski definition) is 1. The fourth-order valence-electron chi connectivity index (χ4n) is 0.804. The van der Waals surface area contributed by atoms with E-state index in [4.69, 9.17) is 4.18 Å². The zero-order chi connectivity index (χ0) is 10.9. The summed E-state index contributed by atoms with van der Waals surface area (Å²) in [5, 5.41) is 2.66. The zero-order valence-electron chi connectivity index (χ0n) is 7.88. The van der Waals surface area contributed by atoms with Crippen molar-refractivity contribution in [2.75, 3.05) is 12.8 Å². The Bertz CT molecular complexity index is 320. The average Bonchev–Trinajstić information content (AvgIpc) is 2.28. The van der Waals surface area contributed by atoms with Crippen molar-refractivity contribution < 1.29 is 13.5 Å². The second-order valence-corrected chi connectivity index (χ2v) is 3.94. The van der Waals surface area contributed by atoms with E-state index >= 15 is 0 Å². The minimum absolute atomic E-state index is 0.0305. The van der Waals surface area contributed by atoms with E-state index in [-0.39, 0.29) is 27.3 Å². The molecule has 0 aliphatic carbocycles. The van der Waals surface area contributed by atoms with E-state index in [2.05, 4.69) is 5.32 Å². The molecule has 0 spiro atoms. The van der Waals surface area contributed by atoms with Crippen LogP contribution in [0.5, 0.6) is 0 Å².